The van der Waals surface area contributed by atoms with Crippen LogP contribution in [-0.4, -0.2) is 47.4 Å². The fourth-order valence-corrected chi connectivity index (χ4v) is 9.38. The summed E-state index contributed by atoms with van der Waals surface area (Å²) in [6.07, 6.45) is 68.9. The fraction of sp³-hybridized carbons (Fsp3) is 0.902. The van der Waals surface area contributed by atoms with E-state index >= 15 is 0 Å². The molecule has 0 aromatic carbocycles. The minimum Gasteiger partial charge on any atom is -0.466 e. The lowest BCUT2D eigenvalue weighted by Gasteiger charge is -2.22. The van der Waals surface area contributed by atoms with Crippen molar-refractivity contribution in [1.29, 1.82) is 0 Å². The monoisotopic (exact) mass is 944 g/mol. The zero-order valence-corrected chi connectivity index (χ0v) is 45.1. The van der Waals surface area contributed by atoms with Gasteiger partial charge in [-0.05, 0) is 64.2 Å². The summed E-state index contributed by atoms with van der Waals surface area (Å²) in [4.78, 5) is 24.5. The van der Waals surface area contributed by atoms with Crippen LogP contribution < -0.4 is 5.32 Å². The van der Waals surface area contributed by atoms with E-state index in [0.29, 0.717) is 25.9 Å². The number of amides is 1. The average Bonchev–Trinajstić information content (AvgIpc) is 3.33. The standard InChI is InChI=1S/C61H117NO5/c1-3-5-7-9-11-13-15-17-18-19-20-21-22-24-27-30-33-37-41-45-49-53-59(64)58(57-63)62-60(65)54-50-46-42-38-34-31-28-25-23-26-29-32-36-40-44-48-52-56-67-61(66)55-51-47-43-39-35-16-14-12-10-8-6-4-2/h23,26,32,36,58-59,63-64H,3-22,24-25,27-31,33-35,37-57H2,1-2H3,(H,62,65)/b26-23-,36-32-. The van der Waals surface area contributed by atoms with E-state index < -0.39 is 12.1 Å². The maximum absolute atomic E-state index is 12.5. The van der Waals surface area contributed by atoms with Gasteiger partial charge in [0.15, 0.2) is 0 Å². The molecule has 6 heteroatoms. The molecule has 0 saturated heterocycles. The van der Waals surface area contributed by atoms with Gasteiger partial charge in [0.1, 0.15) is 0 Å². The first-order valence-corrected chi connectivity index (χ1v) is 30.1. The number of hydrogen-bond donors (Lipinski definition) is 3. The molecule has 0 spiro atoms. The van der Waals surface area contributed by atoms with Crippen LogP contribution >= 0.6 is 0 Å². The Labute approximate surface area is 418 Å². The van der Waals surface area contributed by atoms with Gasteiger partial charge in [0.2, 0.25) is 5.91 Å². The number of carbonyl (C=O) groups is 2. The molecule has 0 aliphatic rings. The molecule has 0 aromatic rings. The topological polar surface area (TPSA) is 95.9 Å². The molecule has 0 fully saturated rings. The van der Waals surface area contributed by atoms with Crippen molar-refractivity contribution in [3.63, 3.8) is 0 Å². The van der Waals surface area contributed by atoms with Crippen molar-refractivity contribution in [3.8, 4) is 0 Å². The van der Waals surface area contributed by atoms with E-state index in [-0.39, 0.29) is 18.5 Å². The zero-order chi connectivity index (χ0) is 48.6. The van der Waals surface area contributed by atoms with Gasteiger partial charge in [-0.3, -0.25) is 9.59 Å². The van der Waals surface area contributed by atoms with Crippen molar-refractivity contribution in [2.75, 3.05) is 13.2 Å². The first-order chi connectivity index (χ1) is 33.0. The first-order valence-electron chi connectivity index (χ1n) is 30.1. The molecular formula is C61H117NO5. The second-order valence-electron chi connectivity index (χ2n) is 20.7. The Kier molecular flexibility index (Phi) is 55.5. The lowest BCUT2D eigenvalue weighted by molar-refractivity contribution is -0.143. The second-order valence-corrected chi connectivity index (χ2v) is 20.7. The Hall–Kier alpha value is -1.66. The molecule has 0 bridgehead atoms. The number of esters is 1. The molecule has 0 radical (unpaired) electrons. The first kappa shape index (κ1) is 65.3. The Morgan fingerprint density at radius 3 is 1.13 bits per heavy atom. The fourth-order valence-electron chi connectivity index (χ4n) is 9.38. The number of aliphatic hydroxyl groups excluding tert-OH is 2. The van der Waals surface area contributed by atoms with E-state index in [9.17, 15) is 19.8 Å². The predicted octanol–water partition coefficient (Wildman–Crippen LogP) is 18.6. The molecular weight excluding hydrogens is 827 g/mol. The number of ether oxygens (including phenoxy) is 1. The van der Waals surface area contributed by atoms with Crippen LogP contribution in [-0.2, 0) is 14.3 Å². The summed E-state index contributed by atoms with van der Waals surface area (Å²) in [5.74, 6) is -0.0623. The van der Waals surface area contributed by atoms with Gasteiger partial charge in [-0.25, -0.2) is 0 Å². The summed E-state index contributed by atoms with van der Waals surface area (Å²) in [5, 5.41) is 23.3. The van der Waals surface area contributed by atoms with E-state index in [1.165, 1.54) is 212 Å². The SMILES string of the molecule is CCCCCCCCCCCCCCCCCCCCCCCC(O)C(CO)NC(=O)CCCCCCCCC/C=C\C/C=C\CCCCCOC(=O)CCCCCCCCCCCCCC. The van der Waals surface area contributed by atoms with Gasteiger partial charge in [0.25, 0.3) is 0 Å². The maximum Gasteiger partial charge on any atom is 0.305 e. The third-order valence-electron chi connectivity index (χ3n) is 14.0. The van der Waals surface area contributed by atoms with Crippen LogP contribution in [0.25, 0.3) is 0 Å². The summed E-state index contributed by atoms with van der Waals surface area (Å²) in [5.41, 5.74) is 0. The molecule has 1 amide bonds. The summed E-state index contributed by atoms with van der Waals surface area (Å²) in [6.45, 7) is 4.93. The quantitative estimate of drug-likeness (QED) is 0.0321. The van der Waals surface area contributed by atoms with E-state index in [1.807, 2.05) is 0 Å². The number of rotatable bonds is 56. The number of nitrogens with one attached hydrogen (secondary N) is 1. The molecule has 0 saturated carbocycles. The highest BCUT2D eigenvalue weighted by Crippen LogP contribution is 2.18. The minimum absolute atomic E-state index is 0.0142. The summed E-state index contributed by atoms with van der Waals surface area (Å²) < 4.78 is 5.44. The highest BCUT2D eigenvalue weighted by atomic mass is 16.5. The number of unbranched alkanes of at least 4 members (excludes halogenated alkanes) is 41. The zero-order valence-electron chi connectivity index (χ0n) is 45.1. The molecule has 396 valence electrons. The van der Waals surface area contributed by atoms with Crippen molar-refractivity contribution in [2.45, 2.75) is 341 Å². The van der Waals surface area contributed by atoms with Gasteiger partial charge >= 0.3 is 5.97 Å². The molecule has 0 heterocycles. The maximum atomic E-state index is 12.5. The van der Waals surface area contributed by atoms with Gasteiger partial charge in [0, 0.05) is 12.8 Å². The largest absolute Gasteiger partial charge is 0.466 e. The number of carbonyl (C=O) groups excluding carboxylic acids is 2. The number of hydrogen-bond acceptors (Lipinski definition) is 5. The van der Waals surface area contributed by atoms with Gasteiger partial charge in [-0.15, -0.1) is 0 Å². The lowest BCUT2D eigenvalue weighted by atomic mass is 10.0. The summed E-state index contributed by atoms with van der Waals surface area (Å²) in [7, 11) is 0. The molecule has 2 atom stereocenters. The smallest absolute Gasteiger partial charge is 0.305 e. The van der Waals surface area contributed by atoms with Crippen LogP contribution in [0.15, 0.2) is 24.3 Å². The Morgan fingerprint density at radius 2 is 0.746 bits per heavy atom. The summed E-state index contributed by atoms with van der Waals surface area (Å²) >= 11 is 0. The molecule has 67 heavy (non-hydrogen) atoms. The van der Waals surface area contributed by atoms with Crippen LogP contribution in [0.5, 0.6) is 0 Å². The molecule has 0 aliphatic carbocycles. The predicted molar refractivity (Wildman–Crippen MR) is 292 cm³/mol. The Morgan fingerprint density at radius 1 is 0.418 bits per heavy atom. The second kappa shape index (κ2) is 56.9. The summed E-state index contributed by atoms with van der Waals surface area (Å²) in [6, 6.07) is -0.554. The van der Waals surface area contributed by atoms with Crippen LogP contribution in [0.1, 0.15) is 328 Å². The molecule has 3 N–H and O–H groups in total. The molecule has 2 unspecified atom stereocenters. The number of aliphatic hydroxyl groups is 2. The van der Waals surface area contributed by atoms with Crippen molar-refractivity contribution >= 4 is 11.9 Å². The molecule has 0 aromatic heterocycles. The van der Waals surface area contributed by atoms with E-state index in [2.05, 4.69) is 43.5 Å². The van der Waals surface area contributed by atoms with E-state index in [4.69, 9.17) is 4.74 Å². The van der Waals surface area contributed by atoms with Crippen LogP contribution in [0.4, 0.5) is 0 Å². The van der Waals surface area contributed by atoms with Gasteiger partial charge in [-0.2, -0.15) is 0 Å². The van der Waals surface area contributed by atoms with Crippen LogP contribution in [0, 0.1) is 0 Å². The van der Waals surface area contributed by atoms with Gasteiger partial charge in [-0.1, -0.05) is 276 Å². The highest BCUT2D eigenvalue weighted by Gasteiger charge is 2.20. The average molecular weight is 945 g/mol. The van der Waals surface area contributed by atoms with E-state index in [0.717, 1.165) is 83.5 Å². The van der Waals surface area contributed by atoms with Crippen molar-refractivity contribution in [3.05, 3.63) is 24.3 Å². The van der Waals surface area contributed by atoms with Crippen molar-refractivity contribution < 1.29 is 24.5 Å². The lowest BCUT2D eigenvalue weighted by Crippen LogP contribution is -2.45. The Bertz CT molecular complexity index is 1040. The third-order valence-corrected chi connectivity index (χ3v) is 14.0. The normalized spacial score (nSPS) is 12.7. The van der Waals surface area contributed by atoms with Crippen LogP contribution in [0.2, 0.25) is 0 Å². The molecule has 6 nitrogen and oxygen atoms in total. The highest BCUT2D eigenvalue weighted by molar-refractivity contribution is 5.76. The van der Waals surface area contributed by atoms with E-state index in [1.54, 1.807) is 0 Å². The minimum atomic E-state index is -0.675. The van der Waals surface area contributed by atoms with Gasteiger partial charge in [0.05, 0.1) is 25.4 Å². The Balaban J connectivity index is 3.49. The van der Waals surface area contributed by atoms with Crippen LogP contribution in [0.3, 0.4) is 0 Å². The van der Waals surface area contributed by atoms with Crippen molar-refractivity contribution in [1.82, 2.24) is 5.32 Å². The number of allylic oxidation sites excluding steroid dienone is 4. The van der Waals surface area contributed by atoms with Crippen molar-refractivity contribution in [2.24, 2.45) is 0 Å². The third kappa shape index (κ3) is 53.5. The molecule has 0 aliphatic heterocycles. The molecule has 0 rings (SSSR count). The van der Waals surface area contributed by atoms with Gasteiger partial charge < -0.3 is 20.3 Å².